The molecular weight excluding hydrogens is 397 g/mol. The number of benzene rings is 2. The minimum absolute atomic E-state index is 0. The van der Waals surface area contributed by atoms with E-state index < -0.39 is 0 Å². The van der Waals surface area contributed by atoms with Crippen LogP contribution in [-0.4, -0.2) is 36.1 Å². The lowest BCUT2D eigenvalue weighted by Crippen LogP contribution is -2.41. The SMILES string of the molecule is COc1ccc(CNC2CCN(Cc3nc4ccccc4o3)CC2)cc1.Cl.Cl. The molecule has 1 aliphatic rings. The molecule has 0 amide bonds. The lowest BCUT2D eigenvalue weighted by atomic mass is 10.0. The van der Waals surface area contributed by atoms with Gasteiger partial charge in [0, 0.05) is 25.7 Å². The first-order valence-electron chi connectivity index (χ1n) is 9.23. The highest BCUT2D eigenvalue weighted by Gasteiger charge is 2.20. The van der Waals surface area contributed by atoms with Gasteiger partial charge in [0.15, 0.2) is 5.58 Å². The van der Waals surface area contributed by atoms with E-state index in [0.717, 1.165) is 61.8 Å². The summed E-state index contributed by atoms with van der Waals surface area (Å²) < 4.78 is 11.0. The van der Waals surface area contributed by atoms with Crippen molar-refractivity contribution in [2.75, 3.05) is 20.2 Å². The van der Waals surface area contributed by atoms with Gasteiger partial charge in [-0.1, -0.05) is 24.3 Å². The molecule has 7 heteroatoms. The van der Waals surface area contributed by atoms with Crippen molar-refractivity contribution in [3.8, 4) is 5.75 Å². The van der Waals surface area contributed by atoms with Gasteiger partial charge in [0.25, 0.3) is 0 Å². The van der Waals surface area contributed by atoms with Crippen LogP contribution in [0.4, 0.5) is 0 Å². The van der Waals surface area contributed by atoms with Crippen molar-refractivity contribution in [3.63, 3.8) is 0 Å². The zero-order chi connectivity index (χ0) is 17.8. The minimum Gasteiger partial charge on any atom is -0.497 e. The zero-order valence-electron chi connectivity index (χ0n) is 16.0. The van der Waals surface area contributed by atoms with Gasteiger partial charge < -0.3 is 14.5 Å². The van der Waals surface area contributed by atoms with Gasteiger partial charge in [-0.15, -0.1) is 24.8 Å². The number of nitrogens with one attached hydrogen (secondary N) is 1. The molecule has 0 spiro atoms. The molecule has 4 rings (SSSR count). The summed E-state index contributed by atoms with van der Waals surface area (Å²) in [6.45, 7) is 3.83. The van der Waals surface area contributed by atoms with Crippen LogP contribution in [0.25, 0.3) is 11.1 Å². The van der Waals surface area contributed by atoms with E-state index in [2.05, 4.69) is 27.3 Å². The molecule has 152 valence electrons. The van der Waals surface area contributed by atoms with E-state index in [1.54, 1.807) is 7.11 Å². The topological polar surface area (TPSA) is 50.5 Å². The Hall–Kier alpha value is -1.79. The van der Waals surface area contributed by atoms with Crippen molar-refractivity contribution in [1.82, 2.24) is 15.2 Å². The predicted octanol–water partition coefficient (Wildman–Crippen LogP) is 4.43. The highest BCUT2D eigenvalue weighted by Crippen LogP contribution is 2.19. The zero-order valence-corrected chi connectivity index (χ0v) is 17.6. The Kier molecular flexibility index (Phi) is 8.58. The fraction of sp³-hybridized carbons (Fsp3) is 0.381. The van der Waals surface area contributed by atoms with Crippen LogP contribution in [0.5, 0.6) is 5.75 Å². The Morgan fingerprint density at radius 3 is 2.46 bits per heavy atom. The number of oxazole rings is 1. The summed E-state index contributed by atoms with van der Waals surface area (Å²) >= 11 is 0. The number of piperidine rings is 1. The van der Waals surface area contributed by atoms with E-state index in [4.69, 9.17) is 9.15 Å². The summed E-state index contributed by atoms with van der Waals surface area (Å²) in [5, 5.41) is 3.67. The average molecular weight is 424 g/mol. The van der Waals surface area contributed by atoms with Crippen molar-refractivity contribution in [2.24, 2.45) is 0 Å². The molecule has 1 N–H and O–H groups in total. The first-order valence-corrected chi connectivity index (χ1v) is 9.23. The molecule has 0 unspecified atom stereocenters. The van der Waals surface area contributed by atoms with Gasteiger partial charge in [0.2, 0.25) is 5.89 Å². The van der Waals surface area contributed by atoms with E-state index in [1.165, 1.54) is 5.56 Å². The van der Waals surface area contributed by atoms with Crippen LogP contribution in [0.2, 0.25) is 0 Å². The summed E-state index contributed by atoms with van der Waals surface area (Å²) in [6, 6.07) is 16.8. The number of rotatable bonds is 6. The number of aromatic nitrogens is 1. The molecule has 5 nitrogen and oxygen atoms in total. The third-order valence-corrected chi connectivity index (χ3v) is 5.04. The highest BCUT2D eigenvalue weighted by molar-refractivity contribution is 5.85. The summed E-state index contributed by atoms with van der Waals surface area (Å²) in [6.07, 6.45) is 2.30. The number of methoxy groups -OCH3 is 1. The van der Waals surface area contributed by atoms with E-state index in [9.17, 15) is 0 Å². The third kappa shape index (κ3) is 5.61. The molecule has 0 saturated carbocycles. The normalized spacial score (nSPS) is 15.0. The summed E-state index contributed by atoms with van der Waals surface area (Å²) in [5.41, 5.74) is 3.11. The van der Waals surface area contributed by atoms with Crippen LogP contribution in [0.1, 0.15) is 24.3 Å². The molecule has 0 radical (unpaired) electrons. The second kappa shape index (κ2) is 10.7. The Morgan fingerprint density at radius 2 is 1.79 bits per heavy atom. The number of nitrogens with zero attached hydrogens (tertiary/aromatic N) is 2. The summed E-state index contributed by atoms with van der Waals surface area (Å²) in [7, 11) is 1.70. The number of hydrogen-bond acceptors (Lipinski definition) is 5. The maximum atomic E-state index is 5.84. The molecule has 0 atom stereocenters. The van der Waals surface area contributed by atoms with Crippen molar-refractivity contribution < 1.29 is 9.15 Å². The number of fused-ring (bicyclic) bond motifs is 1. The first-order chi connectivity index (χ1) is 12.8. The lowest BCUT2D eigenvalue weighted by Gasteiger charge is -2.31. The molecule has 0 bridgehead atoms. The van der Waals surface area contributed by atoms with Crippen LogP contribution >= 0.6 is 24.8 Å². The largest absolute Gasteiger partial charge is 0.497 e. The number of para-hydroxylation sites is 2. The smallest absolute Gasteiger partial charge is 0.209 e. The molecule has 1 aliphatic heterocycles. The Labute approximate surface area is 178 Å². The molecular formula is C21H27Cl2N3O2. The number of ether oxygens (including phenoxy) is 1. The van der Waals surface area contributed by atoms with Crippen molar-refractivity contribution in [1.29, 1.82) is 0 Å². The molecule has 28 heavy (non-hydrogen) atoms. The number of hydrogen-bond donors (Lipinski definition) is 1. The van der Waals surface area contributed by atoms with E-state index in [-0.39, 0.29) is 24.8 Å². The van der Waals surface area contributed by atoms with E-state index >= 15 is 0 Å². The van der Waals surface area contributed by atoms with E-state index in [1.807, 2.05) is 36.4 Å². The van der Waals surface area contributed by atoms with Crippen LogP contribution in [0.3, 0.4) is 0 Å². The molecule has 2 aromatic carbocycles. The van der Waals surface area contributed by atoms with Gasteiger partial charge in [-0.3, -0.25) is 4.90 Å². The summed E-state index contributed by atoms with van der Waals surface area (Å²) in [4.78, 5) is 7.01. The minimum atomic E-state index is 0. The fourth-order valence-electron chi connectivity index (χ4n) is 3.48. The van der Waals surface area contributed by atoms with Gasteiger partial charge in [-0.25, -0.2) is 4.98 Å². The third-order valence-electron chi connectivity index (χ3n) is 5.04. The Bertz CT molecular complexity index is 813. The molecule has 1 aromatic heterocycles. The molecule has 2 heterocycles. The van der Waals surface area contributed by atoms with Crippen LogP contribution in [-0.2, 0) is 13.1 Å². The van der Waals surface area contributed by atoms with Gasteiger partial charge in [0.1, 0.15) is 11.3 Å². The molecule has 3 aromatic rings. The first kappa shape index (κ1) is 22.5. The van der Waals surface area contributed by atoms with Gasteiger partial charge in [-0.05, 0) is 42.7 Å². The maximum Gasteiger partial charge on any atom is 0.209 e. The van der Waals surface area contributed by atoms with Crippen molar-refractivity contribution >= 4 is 35.9 Å². The van der Waals surface area contributed by atoms with Gasteiger partial charge in [-0.2, -0.15) is 0 Å². The molecule has 1 saturated heterocycles. The molecule has 0 aliphatic carbocycles. The second-order valence-corrected chi connectivity index (χ2v) is 6.85. The van der Waals surface area contributed by atoms with Gasteiger partial charge in [0.05, 0.1) is 13.7 Å². The van der Waals surface area contributed by atoms with Crippen LogP contribution < -0.4 is 10.1 Å². The average Bonchev–Trinajstić information content (AvgIpc) is 3.10. The fourth-order valence-corrected chi connectivity index (χ4v) is 3.48. The second-order valence-electron chi connectivity index (χ2n) is 6.85. The highest BCUT2D eigenvalue weighted by atomic mass is 35.5. The Balaban J connectivity index is 0.00000140. The summed E-state index contributed by atoms with van der Waals surface area (Å²) in [5.74, 6) is 1.72. The quantitative estimate of drug-likeness (QED) is 0.634. The molecule has 1 fully saturated rings. The van der Waals surface area contributed by atoms with Crippen molar-refractivity contribution in [2.45, 2.75) is 32.0 Å². The number of halogens is 2. The maximum absolute atomic E-state index is 5.84. The van der Waals surface area contributed by atoms with Crippen LogP contribution in [0, 0.1) is 0 Å². The lowest BCUT2D eigenvalue weighted by molar-refractivity contribution is 0.176. The van der Waals surface area contributed by atoms with Crippen molar-refractivity contribution in [3.05, 3.63) is 60.0 Å². The monoisotopic (exact) mass is 423 g/mol. The standard InChI is InChI=1S/C21H25N3O2.2ClH/c1-25-18-8-6-16(7-9-18)14-22-17-10-12-24(13-11-17)15-21-23-19-4-2-3-5-20(19)26-21;;/h2-9,17,22H,10-15H2,1H3;2*1H. The van der Waals surface area contributed by atoms with E-state index in [0.29, 0.717) is 6.04 Å². The number of likely N-dealkylation sites (tertiary alicyclic amines) is 1. The Morgan fingerprint density at radius 1 is 1.07 bits per heavy atom. The van der Waals surface area contributed by atoms with Crippen LogP contribution in [0.15, 0.2) is 52.9 Å². The van der Waals surface area contributed by atoms with Gasteiger partial charge >= 0.3 is 0 Å². The predicted molar refractivity (Wildman–Crippen MR) is 117 cm³/mol.